The van der Waals surface area contributed by atoms with Gasteiger partial charge in [0.25, 0.3) is 0 Å². The number of aromatic nitrogens is 3. The van der Waals surface area contributed by atoms with E-state index in [1.807, 2.05) is 11.3 Å². The number of nitrogens with zero attached hydrogens (tertiary/aromatic N) is 4. The van der Waals surface area contributed by atoms with Crippen LogP contribution in [-0.2, 0) is 19.4 Å². The Kier molecular flexibility index (Phi) is 7.24. The molecule has 2 rings (SSSR count). The molecular weight excluding hydrogens is 320 g/mol. The van der Waals surface area contributed by atoms with E-state index in [0.717, 1.165) is 37.7 Å². The number of nitrogens with one attached hydrogen (secondary N) is 2. The van der Waals surface area contributed by atoms with E-state index in [0.29, 0.717) is 12.6 Å². The van der Waals surface area contributed by atoms with Crippen LogP contribution in [0.1, 0.15) is 36.3 Å². The molecule has 0 aromatic carbocycles. The summed E-state index contributed by atoms with van der Waals surface area (Å²) in [4.78, 5) is 7.43. The predicted molar refractivity (Wildman–Crippen MR) is 101 cm³/mol. The van der Waals surface area contributed by atoms with Crippen molar-refractivity contribution in [3.8, 4) is 0 Å². The first-order valence-corrected chi connectivity index (χ1v) is 9.40. The number of hydrogen-bond donors (Lipinski definition) is 2. The highest BCUT2D eigenvalue weighted by Gasteiger charge is 2.08. The fourth-order valence-electron chi connectivity index (χ4n) is 2.51. The van der Waals surface area contributed by atoms with Gasteiger partial charge in [0.2, 0.25) is 0 Å². The summed E-state index contributed by atoms with van der Waals surface area (Å²) in [6.45, 7) is 10.9. The first-order valence-electron chi connectivity index (χ1n) is 8.59. The van der Waals surface area contributed by atoms with Crippen molar-refractivity contribution in [3.63, 3.8) is 0 Å². The third kappa shape index (κ3) is 5.63. The zero-order valence-corrected chi connectivity index (χ0v) is 15.9. The van der Waals surface area contributed by atoms with Gasteiger partial charge in [0.1, 0.15) is 12.2 Å². The van der Waals surface area contributed by atoms with E-state index < -0.39 is 0 Å². The molecule has 2 aromatic heterocycles. The van der Waals surface area contributed by atoms with Crippen molar-refractivity contribution in [3.05, 3.63) is 34.0 Å². The monoisotopic (exact) mass is 348 g/mol. The normalized spacial score (nSPS) is 13.1. The molecule has 0 aliphatic heterocycles. The molecule has 0 radical (unpaired) electrons. The summed E-state index contributed by atoms with van der Waals surface area (Å²) in [5, 5.41) is 14.9. The maximum absolute atomic E-state index is 4.67. The first kappa shape index (κ1) is 18.4. The van der Waals surface area contributed by atoms with Crippen molar-refractivity contribution in [2.24, 2.45) is 4.99 Å². The molecule has 0 amide bonds. The van der Waals surface area contributed by atoms with Gasteiger partial charge in [-0.05, 0) is 32.9 Å². The lowest BCUT2D eigenvalue weighted by molar-refractivity contribution is 0.632. The summed E-state index contributed by atoms with van der Waals surface area (Å²) in [5.74, 6) is 1.87. The van der Waals surface area contributed by atoms with Gasteiger partial charge in [-0.15, -0.1) is 21.5 Å². The number of thiophene rings is 1. The lowest BCUT2D eigenvalue weighted by Crippen LogP contribution is -2.43. The Labute approximate surface area is 148 Å². The van der Waals surface area contributed by atoms with E-state index >= 15 is 0 Å². The van der Waals surface area contributed by atoms with Crippen LogP contribution in [-0.4, -0.2) is 39.9 Å². The Morgan fingerprint density at radius 3 is 2.88 bits per heavy atom. The van der Waals surface area contributed by atoms with E-state index in [1.165, 1.54) is 9.75 Å². The molecule has 0 aliphatic rings. The molecule has 0 fully saturated rings. The SMILES string of the molecule is CCNC(=NCCn1cnnc1CC)NC(C)Cc1ccc(C)s1. The summed E-state index contributed by atoms with van der Waals surface area (Å²) in [7, 11) is 0. The van der Waals surface area contributed by atoms with Gasteiger partial charge < -0.3 is 15.2 Å². The minimum Gasteiger partial charge on any atom is -0.357 e. The maximum atomic E-state index is 4.67. The van der Waals surface area contributed by atoms with Crippen LogP contribution in [0.3, 0.4) is 0 Å². The number of guanidine groups is 1. The molecule has 0 saturated carbocycles. The van der Waals surface area contributed by atoms with Gasteiger partial charge in [-0.1, -0.05) is 6.92 Å². The van der Waals surface area contributed by atoms with Crippen LogP contribution < -0.4 is 10.6 Å². The van der Waals surface area contributed by atoms with E-state index in [2.05, 4.69) is 70.2 Å². The molecule has 0 spiro atoms. The van der Waals surface area contributed by atoms with Crippen LogP contribution in [0.4, 0.5) is 0 Å². The molecule has 1 atom stereocenters. The molecule has 0 bridgehead atoms. The summed E-state index contributed by atoms with van der Waals surface area (Å²) >= 11 is 1.86. The van der Waals surface area contributed by atoms with E-state index in [4.69, 9.17) is 0 Å². The van der Waals surface area contributed by atoms with Crippen LogP contribution in [0.15, 0.2) is 23.5 Å². The summed E-state index contributed by atoms with van der Waals surface area (Å²) in [6, 6.07) is 4.72. The van der Waals surface area contributed by atoms with Crippen molar-refractivity contribution in [2.45, 2.75) is 53.1 Å². The van der Waals surface area contributed by atoms with E-state index in [-0.39, 0.29) is 0 Å². The molecule has 2 N–H and O–H groups in total. The zero-order valence-electron chi connectivity index (χ0n) is 15.0. The molecule has 0 aliphatic carbocycles. The number of rotatable bonds is 8. The van der Waals surface area contributed by atoms with Crippen molar-refractivity contribution in [2.75, 3.05) is 13.1 Å². The van der Waals surface area contributed by atoms with Gasteiger partial charge in [-0.2, -0.15) is 0 Å². The fraction of sp³-hybridized carbons (Fsp3) is 0.588. The standard InChI is InChI=1S/C17H28N6S/c1-5-16-22-20-12-23(16)10-9-19-17(18-6-2)21-13(3)11-15-8-7-14(4)24-15/h7-8,12-13H,5-6,9-11H2,1-4H3,(H2,18,19,21). The van der Waals surface area contributed by atoms with Crippen molar-refractivity contribution >= 4 is 17.3 Å². The van der Waals surface area contributed by atoms with Crippen LogP contribution in [0.5, 0.6) is 0 Å². The second-order valence-electron chi connectivity index (χ2n) is 5.82. The van der Waals surface area contributed by atoms with Crippen molar-refractivity contribution in [1.29, 1.82) is 0 Å². The third-order valence-electron chi connectivity index (χ3n) is 3.65. The predicted octanol–water partition coefficient (Wildman–Crippen LogP) is 2.40. The summed E-state index contributed by atoms with van der Waals surface area (Å²) < 4.78 is 2.06. The number of aliphatic imine (C=N–C) groups is 1. The molecular formula is C17H28N6S. The molecule has 1 unspecified atom stereocenters. The zero-order chi connectivity index (χ0) is 17.4. The summed E-state index contributed by atoms with van der Waals surface area (Å²) in [5.41, 5.74) is 0. The lowest BCUT2D eigenvalue weighted by Gasteiger charge is -2.17. The Balaban J connectivity index is 1.87. The smallest absolute Gasteiger partial charge is 0.191 e. The minimum atomic E-state index is 0.335. The van der Waals surface area contributed by atoms with Crippen molar-refractivity contribution in [1.82, 2.24) is 25.4 Å². The maximum Gasteiger partial charge on any atom is 0.191 e. The molecule has 2 aromatic rings. The van der Waals surface area contributed by atoms with E-state index in [9.17, 15) is 0 Å². The number of aryl methyl sites for hydroxylation is 2. The average Bonchev–Trinajstić information content (AvgIpc) is 3.16. The molecule has 132 valence electrons. The topological polar surface area (TPSA) is 67.1 Å². The van der Waals surface area contributed by atoms with Gasteiger partial charge >= 0.3 is 0 Å². The Morgan fingerprint density at radius 1 is 1.38 bits per heavy atom. The van der Waals surface area contributed by atoms with Crippen LogP contribution in [0.25, 0.3) is 0 Å². The number of hydrogen-bond acceptors (Lipinski definition) is 4. The Bertz CT molecular complexity index is 645. The second-order valence-corrected chi connectivity index (χ2v) is 7.19. The van der Waals surface area contributed by atoms with Crippen LogP contribution >= 0.6 is 11.3 Å². The van der Waals surface area contributed by atoms with Crippen molar-refractivity contribution < 1.29 is 0 Å². The molecule has 0 saturated heterocycles. The third-order valence-corrected chi connectivity index (χ3v) is 4.68. The first-order chi connectivity index (χ1) is 11.6. The van der Waals surface area contributed by atoms with Crippen LogP contribution in [0, 0.1) is 6.92 Å². The largest absolute Gasteiger partial charge is 0.357 e. The molecule has 6 nitrogen and oxygen atoms in total. The minimum absolute atomic E-state index is 0.335. The molecule has 24 heavy (non-hydrogen) atoms. The van der Waals surface area contributed by atoms with Gasteiger partial charge in [-0.25, -0.2) is 0 Å². The second kappa shape index (κ2) is 9.42. The molecule has 2 heterocycles. The highest BCUT2D eigenvalue weighted by molar-refractivity contribution is 7.11. The quantitative estimate of drug-likeness (QED) is 0.568. The summed E-state index contributed by atoms with van der Waals surface area (Å²) in [6.07, 6.45) is 3.67. The molecule has 7 heteroatoms. The Hall–Kier alpha value is -1.89. The van der Waals surface area contributed by atoms with Gasteiger partial charge in [0.05, 0.1) is 6.54 Å². The lowest BCUT2D eigenvalue weighted by atomic mass is 10.2. The Morgan fingerprint density at radius 2 is 2.21 bits per heavy atom. The van der Waals surface area contributed by atoms with Gasteiger partial charge in [0.15, 0.2) is 5.96 Å². The van der Waals surface area contributed by atoms with E-state index in [1.54, 1.807) is 6.33 Å². The van der Waals surface area contributed by atoms with Gasteiger partial charge in [-0.3, -0.25) is 4.99 Å². The van der Waals surface area contributed by atoms with Gasteiger partial charge in [0, 0.05) is 41.7 Å². The average molecular weight is 349 g/mol. The van der Waals surface area contributed by atoms with Crippen LogP contribution in [0.2, 0.25) is 0 Å². The fourth-order valence-corrected chi connectivity index (χ4v) is 3.53. The highest BCUT2D eigenvalue weighted by atomic mass is 32.1. The highest BCUT2D eigenvalue weighted by Crippen LogP contribution is 2.16.